The van der Waals surface area contributed by atoms with Crippen LogP contribution in [-0.4, -0.2) is 21.4 Å². The lowest BCUT2D eigenvalue weighted by atomic mass is 10.1. The molecule has 3 rings (SSSR count). The van der Waals surface area contributed by atoms with Gasteiger partial charge in [0.25, 0.3) is 0 Å². The van der Waals surface area contributed by atoms with Gasteiger partial charge in [-0.2, -0.15) is 5.10 Å². The maximum atomic E-state index is 12.9. The molecule has 0 saturated heterocycles. The molecule has 140 valence electrons. The Kier molecular flexibility index (Phi) is 6.34. The predicted octanol–water partition coefficient (Wildman–Crippen LogP) is 5.42. The minimum absolute atomic E-state index is 0.0778. The monoisotopic (exact) mass is 447 g/mol. The van der Waals surface area contributed by atoms with E-state index in [-0.39, 0.29) is 11.7 Å². The van der Waals surface area contributed by atoms with E-state index in [9.17, 15) is 9.18 Å². The summed E-state index contributed by atoms with van der Waals surface area (Å²) in [5, 5.41) is 7.43. The van der Waals surface area contributed by atoms with Crippen molar-refractivity contribution in [1.82, 2.24) is 9.78 Å². The highest BCUT2D eigenvalue weighted by Crippen LogP contribution is 2.32. The second kappa shape index (κ2) is 8.71. The number of aromatic nitrogens is 2. The van der Waals surface area contributed by atoms with Crippen molar-refractivity contribution in [3.8, 4) is 11.1 Å². The first-order valence-electron chi connectivity index (χ1n) is 8.42. The van der Waals surface area contributed by atoms with E-state index in [1.165, 1.54) is 23.9 Å². The molecule has 3 aromatic rings. The lowest BCUT2D eigenvalue weighted by molar-refractivity contribution is -0.115. The fourth-order valence-corrected chi connectivity index (χ4v) is 3.87. The molecule has 0 aliphatic rings. The number of rotatable bonds is 6. The molecule has 0 aliphatic heterocycles. The minimum Gasteiger partial charge on any atom is -0.310 e. The molecule has 4 nitrogen and oxygen atoms in total. The maximum absolute atomic E-state index is 12.9. The Morgan fingerprint density at radius 3 is 2.52 bits per heavy atom. The fourth-order valence-electron chi connectivity index (χ4n) is 2.75. The number of nitrogens with zero attached hydrogens (tertiary/aromatic N) is 2. The van der Waals surface area contributed by atoms with Crippen LogP contribution in [-0.2, 0) is 11.8 Å². The number of benzene rings is 2. The molecule has 0 bridgehead atoms. The Morgan fingerprint density at radius 2 is 1.85 bits per heavy atom. The molecule has 0 atom stereocenters. The highest BCUT2D eigenvalue weighted by Gasteiger charge is 2.17. The standard InChI is InChI=1S/C20H19BrFN3OS/c1-13-19(14-3-5-15(21)6-4-14)20(25(2)24-13)23-18(26)11-12-27-17-9-7-16(22)8-10-17/h3-10H,11-12H2,1-2H3,(H,23,26). The van der Waals surface area contributed by atoms with E-state index in [1.807, 2.05) is 38.2 Å². The number of thioether (sulfide) groups is 1. The second-order valence-electron chi connectivity index (χ2n) is 6.04. The van der Waals surface area contributed by atoms with Crippen molar-refractivity contribution in [2.45, 2.75) is 18.2 Å². The molecule has 1 amide bonds. The third-order valence-electron chi connectivity index (χ3n) is 4.02. The van der Waals surface area contributed by atoms with Crippen LogP contribution in [0.5, 0.6) is 0 Å². The summed E-state index contributed by atoms with van der Waals surface area (Å²) in [6, 6.07) is 14.2. The van der Waals surface area contributed by atoms with Crippen molar-refractivity contribution in [3.05, 3.63) is 64.5 Å². The largest absolute Gasteiger partial charge is 0.310 e. The molecule has 2 aromatic carbocycles. The number of hydrogen-bond acceptors (Lipinski definition) is 3. The van der Waals surface area contributed by atoms with Crippen molar-refractivity contribution >= 4 is 39.4 Å². The minimum atomic E-state index is -0.260. The average molecular weight is 448 g/mol. The summed E-state index contributed by atoms with van der Waals surface area (Å²) in [5.41, 5.74) is 2.78. The number of hydrogen-bond donors (Lipinski definition) is 1. The van der Waals surface area contributed by atoms with Gasteiger partial charge in [0, 0.05) is 34.2 Å². The SMILES string of the molecule is Cc1nn(C)c(NC(=O)CCSc2ccc(F)cc2)c1-c1ccc(Br)cc1. The smallest absolute Gasteiger partial charge is 0.226 e. The molecule has 0 spiro atoms. The molecule has 1 N–H and O–H groups in total. The van der Waals surface area contributed by atoms with E-state index in [4.69, 9.17) is 0 Å². The molecular weight excluding hydrogens is 429 g/mol. The predicted molar refractivity (Wildman–Crippen MR) is 111 cm³/mol. The Balaban J connectivity index is 1.67. The van der Waals surface area contributed by atoms with E-state index in [1.54, 1.807) is 16.8 Å². The molecule has 1 heterocycles. The van der Waals surface area contributed by atoms with Crippen LogP contribution in [0, 0.1) is 12.7 Å². The van der Waals surface area contributed by atoms with E-state index in [0.717, 1.165) is 26.2 Å². The average Bonchev–Trinajstić information content (AvgIpc) is 2.91. The summed E-state index contributed by atoms with van der Waals surface area (Å²) in [6.07, 6.45) is 0.353. The van der Waals surface area contributed by atoms with Crippen LogP contribution in [0.4, 0.5) is 10.2 Å². The van der Waals surface area contributed by atoms with Crippen LogP contribution in [0.15, 0.2) is 57.9 Å². The van der Waals surface area contributed by atoms with Crippen LogP contribution in [0.1, 0.15) is 12.1 Å². The van der Waals surface area contributed by atoms with E-state index in [2.05, 4.69) is 26.3 Å². The number of carbonyl (C=O) groups excluding carboxylic acids is 1. The summed E-state index contributed by atoms with van der Waals surface area (Å²) < 4.78 is 15.6. The third-order valence-corrected chi connectivity index (χ3v) is 5.57. The molecule has 0 radical (unpaired) electrons. The van der Waals surface area contributed by atoms with Crippen LogP contribution >= 0.6 is 27.7 Å². The van der Waals surface area contributed by atoms with Crippen molar-refractivity contribution in [2.24, 2.45) is 7.05 Å². The first-order chi connectivity index (χ1) is 12.9. The highest BCUT2D eigenvalue weighted by atomic mass is 79.9. The number of nitrogens with one attached hydrogen (secondary N) is 1. The van der Waals surface area contributed by atoms with Gasteiger partial charge in [-0.15, -0.1) is 11.8 Å². The first-order valence-corrected chi connectivity index (χ1v) is 10.2. The van der Waals surface area contributed by atoms with Gasteiger partial charge in [-0.05, 0) is 48.9 Å². The fraction of sp³-hybridized carbons (Fsp3) is 0.200. The normalized spacial score (nSPS) is 10.8. The van der Waals surface area contributed by atoms with Crippen molar-refractivity contribution < 1.29 is 9.18 Å². The van der Waals surface area contributed by atoms with Gasteiger partial charge < -0.3 is 5.32 Å². The van der Waals surface area contributed by atoms with Crippen LogP contribution < -0.4 is 5.32 Å². The summed E-state index contributed by atoms with van der Waals surface area (Å²) in [4.78, 5) is 13.4. The Hall–Kier alpha value is -2.12. The Morgan fingerprint density at radius 1 is 1.19 bits per heavy atom. The van der Waals surface area contributed by atoms with E-state index >= 15 is 0 Å². The molecule has 27 heavy (non-hydrogen) atoms. The number of anilines is 1. The number of amides is 1. The van der Waals surface area contributed by atoms with Crippen molar-refractivity contribution in [2.75, 3.05) is 11.1 Å². The summed E-state index contributed by atoms with van der Waals surface area (Å²) in [7, 11) is 1.82. The van der Waals surface area contributed by atoms with Crippen LogP contribution in [0.3, 0.4) is 0 Å². The summed E-state index contributed by atoms with van der Waals surface area (Å²) in [6.45, 7) is 1.93. The molecular formula is C20H19BrFN3OS. The van der Waals surface area contributed by atoms with Gasteiger partial charge in [-0.25, -0.2) is 4.39 Å². The van der Waals surface area contributed by atoms with Crippen LogP contribution in [0.25, 0.3) is 11.1 Å². The van der Waals surface area contributed by atoms with Crippen molar-refractivity contribution in [3.63, 3.8) is 0 Å². The third kappa shape index (κ3) is 4.99. The van der Waals surface area contributed by atoms with E-state index in [0.29, 0.717) is 18.0 Å². The van der Waals surface area contributed by atoms with Gasteiger partial charge in [-0.1, -0.05) is 28.1 Å². The second-order valence-corrected chi connectivity index (χ2v) is 8.12. The number of aryl methyl sites for hydroxylation is 2. The summed E-state index contributed by atoms with van der Waals surface area (Å²) >= 11 is 4.96. The zero-order valence-electron chi connectivity index (χ0n) is 15.0. The molecule has 0 fully saturated rings. The number of halogens is 2. The zero-order valence-corrected chi connectivity index (χ0v) is 17.4. The van der Waals surface area contributed by atoms with Gasteiger partial charge in [0.1, 0.15) is 11.6 Å². The molecule has 0 saturated carbocycles. The van der Waals surface area contributed by atoms with Gasteiger partial charge >= 0.3 is 0 Å². The lowest BCUT2D eigenvalue weighted by Gasteiger charge is -2.09. The molecule has 0 aliphatic carbocycles. The lowest BCUT2D eigenvalue weighted by Crippen LogP contribution is -2.15. The van der Waals surface area contributed by atoms with E-state index < -0.39 is 0 Å². The van der Waals surface area contributed by atoms with Gasteiger partial charge in [-0.3, -0.25) is 9.48 Å². The molecule has 0 unspecified atom stereocenters. The van der Waals surface area contributed by atoms with Gasteiger partial charge in [0.15, 0.2) is 0 Å². The quantitative estimate of drug-likeness (QED) is 0.513. The Labute approximate surface area is 170 Å². The first kappa shape index (κ1) is 19.6. The molecule has 7 heteroatoms. The Bertz CT molecular complexity index is 939. The highest BCUT2D eigenvalue weighted by molar-refractivity contribution is 9.10. The van der Waals surface area contributed by atoms with Crippen LogP contribution in [0.2, 0.25) is 0 Å². The number of carbonyl (C=O) groups is 1. The topological polar surface area (TPSA) is 46.9 Å². The van der Waals surface area contributed by atoms with Gasteiger partial charge in [0.2, 0.25) is 5.91 Å². The zero-order chi connectivity index (χ0) is 19.4. The molecule has 1 aromatic heterocycles. The maximum Gasteiger partial charge on any atom is 0.226 e. The van der Waals surface area contributed by atoms with Crippen molar-refractivity contribution in [1.29, 1.82) is 0 Å². The van der Waals surface area contributed by atoms with Gasteiger partial charge in [0.05, 0.1) is 5.69 Å². The summed E-state index contributed by atoms with van der Waals surface area (Å²) in [5.74, 6) is 0.962.